The Balaban J connectivity index is 2.08. The maximum atomic E-state index is 5.76. The molecule has 1 aromatic heterocycles. The maximum absolute atomic E-state index is 5.76. The molecule has 2 heterocycles. The fourth-order valence-electron chi connectivity index (χ4n) is 2.07. The lowest BCUT2D eigenvalue weighted by atomic mass is 10.2. The minimum Gasteiger partial charge on any atom is -0.368 e. The molecule has 0 amide bonds. The van der Waals surface area contributed by atoms with E-state index in [9.17, 15) is 0 Å². The van der Waals surface area contributed by atoms with Crippen LogP contribution >= 0.6 is 0 Å². The number of nitrogens with two attached hydrogens (primary N) is 1. The van der Waals surface area contributed by atoms with Crippen LogP contribution in [-0.2, 0) is 0 Å². The molecule has 106 valence electrons. The zero-order valence-electron chi connectivity index (χ0n) is 11.8. The Bertz CT molecular complexity index is 421. The van der Waals surface area contributed by atoms with Gasteiger partial charge in [-0.1, -0.05) is 13.8 Å². The fourth-order valence-corrected chi connectivity index (χ4v) is 2.07. The van der Waals surface area contributed by atoms with E-state index in [0.717, 1.165) is 26.1 Å². The van der Waals surface area contributed by atoms with Crippen molar-refractivity contribution in [2.24, 2.45) is 5.92 Å². The molecule has 1 fully saturated rings. The Hall–Kier alpha value is -1.63. The van der Waals surface area contributed by atoms with Gasteiger partial charge in [-0.2, -0.15) is 15.0 Å². The number of hydrogen-bond donors (Lipinski definition) is 3. The topological polar surface area (TPSA) is 92.0 Å². The summed E-state index contributed by atoms with van der Waals surface area (Å²) in [6, 6.07) is 0.491. The first-order chi connectivity index (χ1) is 9.08. The Morgan fingerprint density at radius 3 is 2.79 bits per heavy atom. The first-order valence-corrected chi connectivity index (χ1v) is 6.76. The van der Waals surface area contributed by atoms with Crippen LogP contribution in [0.1, 0.15) is 20.3 Å². The van der Waals surface area contributed by atoms with E-state index in [1.54, 1.807) is 0 Å². The number of nitrogen functional groups attached to an aromatic ring is 1. The monoisotopic (exact) mass is 265 g/mol. The average Bonchev–Trinajstić information content (AvgIpc) is 2.84. The largest absolute Gasteiger partial charge is 0.368 e. The van der Waals surface area contributed by atoms with Crippen LogP contribution < -0.4 is 21.3 Å². The molecule has 0 radical (unpaired) electrons. The highest BCUT2D eigenvalue weighted by molar-refractivity contribution is 5.42. The van der Waals surface area contributed by atoms with Gasteiger partial charge >= 0.3 is 0 Å². The van der Waals surface area contributed by atoms with Crippen molar-refractivity contribution < 1.29 is 0 Å². The summed E-state index contributed by atoms with van der Waals surface area (Å²) in [5.41, 5.74) is 5.76. The fraction of sp³-hybridized carbons (Fsp3) is 0.750. The van der Waals surface area contributed by atoms with Crippen LogP contribution in [0.25, 0.3) is 0 Å². The van der Waals surface area contributed by atoms with Gasteiger partial charge in [-0.25, -0.2) is 0 Å². The van der Waals surface area contributed by atoms with Crippen molar-refractivity contribution in [3.8, 4) is 0 Å². The number of hydrogen-bond acceptors (Lipinski definition) is 7. The Kier molecular flexibility index (Phi) is 4.36. The van der Waals surface area contributed by atoms with Crippen molar-refractivity contribution in [3.05, 3.63) is 0 Å². The second-order valence-corrected chi connectivity index (χ2v) is 5.31. The zero-order chi connectivity index (χ0) is 13.8. The first kappa shape index (κ1) is 13.8. The number of nitrogens with zero attached hydrogens (tertiary/aromatic N) is 4. The van der Waals surface area contributed by atoms with Crippen LogP contribution in [0.5, 0.6) is 0 Å². The predicted molar refractivity (Wildman–Crippen MR) is 77.2 cm³/mol. The van der Waals surface area contributed by atoms with E-state index in [2.05, 4.69) is 44.3 Å². The molecule has 0 saturated carbocycles. The van der Waals surface area contributed by atoms with Crippen LogP contribution in [-0.4, -0.2) is 47.7 Å². The van der Waals surface area contributed by atoms with Crippen molar-refractivity contribution in [3.63, 3.8) is 0 Å². The molecule has 1 atom stereocenters. The summed E-state index contributed by atoms with van der Waals surface area (Å²) in [5, 5.41) is 6.46. The van der Waals surface area contributed by atoms with Crippen LogP contribution in [0.2, 0.25) is 0 Å². The minimum absolute atomic E-state index is 0.268. The highest BCUT2D eigenvalue weighted by atomic mass is 15.3. The second kappa shape index (κ2) is 6.01. The highest BCUT2D eigenvalue weighted by Gasteiger charge is 2.23. The van der Waals surface area contributed by atoms with Gasteiger partial charge in [0, 0.05) is 25.7 Å². The summed E-state index contributed by atoms with van der Waals surface area (Å²) >= 11 is 0. The summed E-state index contributed by atoms with van der Waals surface area (Å²) in [6.07, 6.45) is 1.09. The molecule has 0 aromatic carbocycles. The molecule has 1 aliphatic heterocycles. The molecule has 1 aliphatic rings. The van der Waals surface area contributed by atoms with E-state index < -0.39 is 0 Å². The third kappa shape index (κ3) is 3.66. The Morgan fingerprint density at radius 2 is 2.16 bits per heavy atom. The standard InChI is InChI=1S/C12H23N7/c1-8(2)6-15-11-16-10(13)17-12(18-11)19-5-4-9(7-19)14-3/h8-9,14H,4-7H2,1-3H3,(H3,13,15,16,17,18)/t9-/m1/s1. The number of rotatable bonds is 5. The van der Waals surface area contributed by atoms with Crippen molar-refractivity contribution in [1.29, 1.82) is 0 Å². The molecule has 7 nitrogen and oxygen atoms in total. The van der Waals surface area contributed by atoms with Gasteiger partial charge < -0.3 is 21.3 Å². The van der Waals surface area contributed by atoms with E-state index in [1.807, 2.05) is 7.05 Å². The molecule has 19 heavy (non-hydrogen) atoms. The van der Waals surface area contributed by atoms with Crippen LogP contribution in [0.4, 0.5) is 17.8 Å². The van der Waals surface area contributed by atoms with Gasteiger partial charge in [0.15, 0.2) is 0 Å². The molecule has 4 N–H and O–H groups in total. The lowest BCUT2D eigenvalue weighted by Crippen LogP contribution is -2.30. The van der Waals surface area contributed by atoms with E-state index in [1.165, 1.54) is 0 Å². The summed E-state index contributed by atoms with van der Waals surface area (Å²) in [4.78, 5) is 14.9. The SMILES string of the molecule is CN[C@@H]1CCN(c2nc(N)nc(NCC(C)C)n2)C1. The third-order valence-electron chi connectivity index (χ3n) is 3.19. The number of nitrogens with one attached hydrogen (secondary N) is 2. The number of anilines is 3. The number of aromatic nitrogens is 3. The van der Waals surface area contributed by atoms with Gasteiger partial charge in [-0.15, -0.1) is 0 Å². The molecule has 0 spiro atoms. The van der Waals surface area contributed by atoms with E-state index >= 15 is 0 Å². The van der Waals surface area contributed by atoms with Crippen molar-refractivity contribution in [2.75, 3.05) is 42.6 Å². The maximum Gasteiger partial charge on any atom is 0.232 e. The number of likely N-dealkylation sites (N-methyl/N-ethyl adjacent to an activating group) is 1. The first-order valence-electron chi connectivity index (χ1n) is 6.76. The third-order valence-corrected chi connectivity index (χ3v) is 3.19. The van der Waals surface area contributed by atoms with E-state index in [0.29, 0.717) is 23.9 Å². The van der Waals surface area contributed by atoms with Gasteiger partial charge in [0.2, 0.25) is 17.8 Å². The smallest absolute Gasteiger partial charge is 0.232 e. The van der Waals surface area contributed by atoms with Gasteiger partial charge in [-0.3, -0.25) is 0 Å². The average molecular weight is 265 g/mol. The lowest BCUT2D eigenvalue weighted by Gasteiger charge is -2.17. The van der Waals surface area contributed by atoms with Crippen molar-refractivity contribution >= 4 is 17.8 Å². The molecule has 0 bridgehead atoms. The minimum atomic E-state index is 0.268. The molecular weight excluding hydrogens is 242 g/mol. The van der Waals surface area contributed by atoms with E-state index in [4.69, 9.17) is 5.73 Å². The predicted octanol–water partition coefficient (Wildman–Crippen LogP) is 0.320. The van der Waals surface area contributed by atoms with Crippen LogP contribution in [0.15, 0.2) is 0 Å². The molecular formula is C12H23N7. The van der Waals surface area contributed by atoms with Gasteiger partial charge in [0.05, 0.1) is 0 Å². The summed E-state index contributed by atoms with van der Waals surface area (Å²) in [7, 11) is 1.98. The molecule has 0 unspecified atom stereocenters. The quantitative estimate of drug-likeness (QED) is 0.706. The van der Waals surface area contributed by atoms with E-state index in [-0.39, 0.29) is 5.95 Å². The Morgan fingerprint density at radius 1 is 1.37 bits per heavy atom. The summed E-state index contributed by atoms with van der Waals surface area (Å²) in [5.74, 6) is 2.02. The second-order valence-electron chi connectivity index (χ2n) is 5.31. The molecule has 7 heteroatoms. The van der Waals surface area contributed by atoms with Gasteiger partial charge in [0.1, 0.15) is 0 Å². The zero-order valence-corrected chi connectivity index (χ0v) is 11.8. The van der Waals surface area contributed by atoms with Crippen LogP contribution in [0, 0.1) is 5.92 Å². The van der Waals surface area contributed by atoms with Crippen molar-refractivity contribution in [2.45, 2.75) is 26.3 Å². The van der Waals surface area contributed by atoms with Gasteiger partial charge in [-0.05, 0) is 19.4 Å². The summed E-state index contributed by atoms with van der Waals surface area (Å²) in [6.45, 7) is 6.94. The lowest BCUT2D eigenvalue weighted by molar-refractivity contribution is 0.616. The van der Waals surface area contributed by atoms with Crippen LogP contribution in [0.3, 0.4) is 0 Å². The van der Waals surface area contributed by atoms with Crippen molar-refractivity contribution in [1.82, 2.24) is 20.3 Å². The molecule has 2 rings (SSSR count). The highest BCUT2D eigenvalue weighted by Crippen LogP contribution is 2.18. The molecule has 1 saturated heterocycles. The summed E-state index contributed by atoms with van der Waals surface area (Å²) < 4.78 is 0. The Labute approximate surface area is 114 Å². The van der Waals surface area contributed by atoms with Gasteiger partial charge in [0.25, 0.3) is 0 Å². The molecule has 0 aliphatic carbocycles. The normalized spacial score (nSPS) is 19.2. The molecule has 1 aromatic rings.